The summed E-state index contributed by atoms with van der Waals surface area (Å²) in [6.45, 7) is 2.64. The molecule has 4 rings (SSSR count). The van der Waals surface area contributed by atoms with Crippen molar-refractivity contribution in [2.24, 2.45) is 13.0 Å². The summed E-state index contributed by atoms with van der Waals surface area (Å²) in [5, 5.41) is 3.17. The number of aromatic nitrogens is 2. The number of ether oxygens (including phenoxy) is 1. The van der Waals surface area contributed by atoms with Crippen molar-refractivity contribution in [3.8, 4) is 16.9 Å². The van der Waals surface area contributed by atoms with Gasteiger partial charge in [-0.15, -0.1) is 0 Å². The second kappa shape index (κ2) is 9.13. The van der Waals surface area contributed by atoms with Crippen molar-refractivity contribution >= 4 is 11.6 Å². The molecule has 0 atom stereocenters. The molecular formula is C24H28N4O2. The number of benzene rings is 2. The number of carbonyl (C=O) groups excluding carboxylic acids is 1. The van der Waals surface area contributed by atoms with Crippen LogP contribution in [-0.4, -0.2) is 40.6 Å². The van der Waals surface area contributed by atoms with Gasteiger partial charge in [-0.1, -0.05) is 30.3 Å². The number of anilines is 1. The molecule has 1 saturated heterocycles. The number of aryl methyl sites for hydroxylation is 1. The summed E-state index contributed by atoms with van der Waals surface area (Å²) < 4.78 is 7.40. The molecule has 1 N–H and O–H groups in total. The molecule has 3 aromatic rings. The molecule has 1 fully saturated rings. The maximum absolute atomic E-state index is 13.0. The minimum atomic E-state index is 0.0287. The number of carbonyl (C=O) groups is 1. The summed E-state index contributed by atoms with van der Waals surface area (Å²) in [4.78, 5) is 19.8. The molecule has 30 heavy (non-hydrogen) atoms. The normalized spacial score (nSPS) is 15.1. The quantitative estimate of drug-likeness (QED) is 0.676. The maximum atomic E-state index is 13.0. The molecule has 156 valence electrons. The van der Waals surface area contributed by atoms with E-state index in [4.69, 9.17) is 4.74 Å². The van der Waals surface area contributed by atoms with Crippen LogP contribution in [0.4, 0.5) is 5.69 Å². The first kappa shape index (κ1) is 20.2. The second-order valence-electron chi connectivity index (χ2n) is 7.77. The third-order valence-electron chi connectivity index (χ3n) is 5.81. The van der Waals surface area contributed by atoms with Crippen molar-refractivity contribution in [2.45, 2.75) is 19.4 Å². The Morgan fingerprint density at radius 3 is 2.70 bits per heavy atom. The molecule has 1 aliphatic heterocycles. The summed E-state index contributed by atoms with van der Waals surface area (Å²) in [7, 11) is 3.68. The molecule has 6 heteroatoms. The van der Waals surface area contributed by atoms with Gasteiger partial charge in [-0.25, -0.2) is 4.98 Å². The second-order valence-corrected chi connectivity index (χ2v) is 7.77. The van der Waals surface area contributed by atoms with Gasteiger partial charge in [0.1, 0.15) is 11.6 Å². The Labute approximate surface area is 177 Å². The van der Waals surface area contributed by atoms with Gasteiger partial charge in [-0.2, -0.15) is 0 Å². The summed E-state index contributed by atoms with van der Waals surface area (Å²) in [6.07, 6.45) is 5.51. The molecule has 0 radical (unpaired) electrons. The van der Waals surface area contributed by atoms with Crippen molar-refractivity contribution in [2.75, 3.05) is 25.5 Å². The van der Waals surface area contributed by atoms with Crippen molar-refractivity contribution in [3.05, 3.63) is 66.7 Å². The van der Waals surface area contributed by atoms with Crippen LogP contribution in [0.25, 0.3) is 11.1 Å². The molecule has 0 unspecified atom stereocenters. The molecule has 0 spiro atoms. The molecule has 2 aromatic carbocycles. The van der Waals surface area contributed by atoms with Crippen LogP contribution in [0, 0.1) is 5.92 Å². The van der Waals surface area contributed by atoms with E-state index in [9.17, 15) is 4.79 Å². The largest absolute Gasteiger partial charge is 0.497 e. The fourth-order valence-electron chi connectivity index (χ4n) is 3.97. The average Bonchev–Trinajstić information content (AvgIpc) is 3.19. The topological polar surface area (TPSA) is 59.4 Å². The third-order valence-corrected chi connectivity index (χ3v) is 5.81. The van der Waals surface area contributed by atoms with E-state index in [1.165, 1.54) is 0 Å². The first-order chi connectivity index (χ1) is 14.6. The van der Waals surface area contributed by atoms with Gasteiger partial charge in [0, 0.05) is 36.6 Å². The van der Waals surface area contributed by atoms with Gasteiger partial charge in [0.25, 0.3) is 0 Å². The van der Waals surface area contributed by atoms with Gasteiger partial charge in [0.05, 0.1) is 13.7 Å². The van der Waals surface area contributed by atoms with Crippen LogP contribution in [0.3, 0.4) is 0 Å². The zero-order valence-electron chi connectivity index (χ0n) is 17.5. The molecule has 0 bridgehead atoms. The predicted octanol–water partition coefficient (Wildman–Crippen LogP) is 3.95. The lowest BCUT2D eigenvalue weighted by molar-refractivity contribution is -0.121. The molecular weight excluding hydrogens is 376 g/mol. The molecule has 0 saturated carbocycles. The first-order valence-electron chi connectivity index (χ1n) is 10.4. The highest BCUT2D eigenvalue weighted by molar-refractivity contribution is 5.96. The minimum absolute atomic E-state index is 0.0287. The predicted molar refractivity (Wildman–Crippen MR) is 118 cm³/mol. The van der Waals surface area contributed by atoms with Gasteiger partial charge in [0.2, 0.25) is 5.91 Å². The van der Waals surface area contributed by atoms with Crippen molar-refractivity contribution in [1.82, 2.24) is 14.5 Å². The highest BCUT2D eigenvalue weighted by Gasteiger charge is 2.26. The first-order valence-corrected chi connectivity index (χ1v) is 10.4. The number of para-hydroxylation sites is 1. The number of hydrogen-bond acceptors (Lipinski definition) is 4. The SMILES string of the molecule is COc1cccc(-c2ccccc2NC(=O)C2CCN(Cc3nccn3C)CC2)c1. The number of amides is 1. The van der Waals surface area contributed by atoms with Crippen molar-refractivity contribution in [1.29, 1.82) is 0 Å². The smallest absolute Gasteiger partial charge is 0.227 e. The lowest BCUT2D eigenvalue weighted by atomic mass is 9.95. The van der Waals surface area contributed by atoms with Gasteiger partial charge < -0.3 is 14.6 Å². The summed E-state index contributed by atoms with van der Waals surface area (Å²) in [5.74, 6) is 1.99. The van der Waals surface area contributed by atoms with E-state index in [1.807, 2.05) is 72.5 Å². The van der Waals surface area contributed by atoms with Crippen LogP contribution in [0.15, 0.2) is 60.9 Å². The Bertz CT molecular complexity index is 1010. The summed E-state index contributed by atoms with van der Waals surface area (Å²) >= 11 is 0. The monoisotopic (exact) mass is 404 g/mol. The van der Waals surface area contributed by atoms with E-state index < -0.39 is 0 Å². The molecule has 6 nitrogen and oxygen atoms in total. The van der Waals surface area contributed by atoms with Crippen LogP contribution in [0.1, 0.15) is 18.7 Å². The fourth-order valence-corrected chi connectivity index (χ4v) is 3.97. The average molecular weight is 405 g/mol. The van der Waals surface area contributed by atoms with Crippen molar-refractivity contribution in [3.63, 3.8) is 0 Å². The van der Waals surface area contributed by atoms with Crippen LogP contribution in [0.2, 0.25) is 0 Å². The van der Waals surface area contributed by atoms with E-state index in [2.05, 4.69) is 15.2 Å². The molecule has 0 aliphatic carbocycles. The Kier molecular flexibility index (Phi) is 6.14. The van der Waals surface area contributed by atoms with E-state index in [-0.39, 0.29) is 11.8 Å². The number of nitrogens with zero attached hydrogens (tertiary/aromatic N) is 3. The molecule has 2 heterocycles. The van der Waals surface area contributed by atoms with Gasteiger partial charge >= 0.3 is 0 Å². The lowest BCUT2D eigenvalue weighted by Gasteiger charge is -2.31. The summed E-state index contributed by atoms with van der Waals surface area (Å²) in [6, 6.07) is 15.8. The van der Waals surface area contributed by atoms with Crippen LogP contribution in [-0.2, 0) is 18.4 Å². The lowest BCUT2D eigenvalue weighted by Crippen LogP contribution is -2.38. The van der Waals surface area contributed by atoms with Gasteiger partial charge in [0.15, 0.2) is 0 Å². The standard InChI is InChI=1S/C24H28N4O2/c1-27-15-12-25-23(27)17-28-13-10-18(11-14-28)24(29)26-22-9-4-3-8-21(22)19-6-5-7-20(16-19)30-2/h3-9,12,15-16,18H,10-11,13-14,17H2,1-2H3,(H,26,29). The van der Waals surface area contributed by atoms with Crippen LogP contribution >= 0.6 is 0 Å². The highest BCUT2D eigenvalue weighted by Crippen LogP contribution is 2.31. The van der Waals surface area contributed by atoms with Crippen molar-refractivity contribution < 1.29 is 9.53 Å². The number of likely N-dealkylation sites (tertiary alicyclic amines) is 1. The number of methoxy groups -OCH3 is 1. The zero-order valence-corrected chi connectivity index (χ0v) is 17.5. The number of hydrogen-bond donors (Lipinski definition) is 1. The van der Waals surface area contributed by atoms with E-state index >= 15 is 0 Å². The molecule has 1 aliphatic rings. The Balaban J connectivity index is 1.40. The van der Waals surface area contributed by atoms with E-state index in [0.29, 0.717) is 0 Å². The van der Waals surface area contributed by atoms with E-state index in [1.54, 1.807) is 7.11 Å². The minimum Gasteiger partial charge on any atom is -0.497 e. The molecule has 1 aromatic heterocycles. The number of nitrogens with one attached hydrogen (secondary N) is 1. The third kappa shape index (κ3) is 4.54. The highest BCUT2D eigenvalue weighted by atomic mass is 16.5. The Morgan fingerprint density at radius 1 is 1.17 bits per heavy atom. The van der Waals surface area contributed by atoms with Gasteiger partial charge in [-0.05, 0) is 49.7 Å². The Morgan fingerprint density at radius 2 is 1.97 bits per heavy atom. The number of piperidine rings is 1. The summed E-state index contributed by atoms with van der Waals surface area (Å²) in [5.41, 5.74) is 2.86. The van der Waals surface area contributed by atoms with E-state index in [0.717, 1.165) is 60.9 Å². The van der Waals surface area contributed by atoms with Crippen LogP contribution in [0.5, 0.6) is 5.75 Å². The number of rotatable bonds is 6. The van der Waals surface area contributed by atoms with Crippen LogP contribution < -0.4 is 10.1 Å². The van der Waals surface area contributed by atoms with Gasteiger partial charge in [-0.3, -0.25) is 9.69 Å². The zero-order chi connectivity index (χ0) is 20.9. The fraction of sp³-hybridized carbons (Fsp3) is 0.333. The maximum Gasteiger partial charge on any atom is 0.227 e. The molecule has 1 amide bonds. The Hall–Kier alpha value is -3.12. The number of imidazole rings is 1.